The fourth-order valence-electron chi connectivity index (χ4n) is 1.97. The first-order chi connectivity index (χ1) is 9.43. The molecule has 20 heavy (non-hydrogen) atoms. The van der Waals surface area contributed by atoms with E-state index in [1.165, 1.54) is 25.3 Å². The number of nitrogens with zero attached hydrogens (tertiary/aromatic N) is 1. The molecule has 7 heteroatoms. The van der Waals surface area contributed by atoms with Crippen molar-refractivity contribution in [3.05, 3.63) is 29.3 Å². The molecule has 1 aliphatic rings. The summed E-state index contributed by atoms with van der Waals surface area (Å²) in [5.74, 6) is -2.65. The lowest BCUT2D eigenvalue weighted by Crippen LogP contribution is -2.27. The first-order valence-electron chi connectivity index (χ1n) is 5.71. The number of carboxylic acids is 1. The molecule has 0 spiro atoms. The number of benzene rings is 1. The summed E-state index contributed by atoms with van der Waals surface area (Å²) in [6, 6.07) is 3.69. The van der Waals surface area contributed by atoms with Crippen molar-refractivity contribution in [3.8, 4) is 0 Å². The summed E-state index contributed by atoms with van der Waals surface area (Å²) in [5, 5.41) is 8.97. The van der Waals surface area contributed by atoms with Crippen LogP contribution in [-0.4, -0.2) is 42.4 Å². The summed E-state index contributed by atoms with van der Waals surface area (Å²) in [5.41, 5.74) is 0.0351. The van der Waals surface area contributed by atoms with E-state index in [1.807, 2.05) is 0 Å². The molecule has 0 aromatic heterocycles. The minimum Gasteiger partial charge on any atom is -0.478 e. The highest BCUT2D eigenvalue weighted by molar-refractivity contribution is 6.17. The maximum atomic E-state index is 11.7. The zero-order valence-electron chi connectivity index (χ0n) is 10.6. The molecule has 7 nitrogen and oxygen atoms in total. The molecule has 104 valence electrons. The fourth-order valence-corrected chi connectivity index (χ4v) is 1.97. The fraction of sp³-hybridized carbons (Fsp3) is 0.231. The normalized spacial score (nSPS) is 14.6. The van der Waals surface area contributed by atoms with Crippen LogP contribution in [0.1, 0.15) is 27.1 Å². The molecule has 1 aliphatic heterocycles. The number of carboxylic acid groups (broad SMARTS) is 1. The first-order valence-corrected chi connectivity index (χ1v) is 5.71. The van der Waals surface area contributed by atoms with Crippen molar-refractivity contribution < 1.29 is 29.0 Å². The molecule has 1 fully saturated rings. The summed E-state index contributed by atoms with van der Waals surface area (Å²) < 4.78 is 4.59. The number of Topliss-reactive ketones (excluding diaryl/α,β-unsaturated/α-hetero) is 1. The van der Waals surface area contributed by atoms with Crippen molar-refractivity contribution in [2.24, 2.45) is 0 Å². The van der Waals surface area contributed by atoms with E-state index >= 15 is 0 Å². The van der Waals surface area contributed by atoms with E-state index in [1.54, 1.807) is 0 Å². The number of hydrogen-bond donors (Lipinski definition) is 1. The van der Waals surface area contributed by atoms with Crippen LogP contribution in [0.15, 0.2) is 18.2 Å². The smallest absolute Gasteiger partial charge is 0.339 e. The van der Waals surface area contributed by atoms with Crippen molar-refractivity contribution >= 4 is 29.3 Å². The second kappa shape index (κ2) is 5.12. The lowest BCUT2D eigenvalue weighted by atomic mass is 10.1. The lowest BCUT2D eigenvalue weighted by molar-refractivity contribution is -0.121. The topological polar surface area (TPSA) is 101 Å². The molecule has 0 unspecified atom stereocenters. The van der Waals surface area contributed by atoms with Crippen molar-refractivity contribution in [1.29, 1.82) is 0 Å². The minimum atomic E-state index is -1.19. The van der Waals surface area contributed by atoms with Gasteiger partial charge >= 0.3 is 11.9 Å². The largest absolute Gasteiger partial charge is 0.478 e. The molecule has 0 aliphatic carbocycles. The molecular formula is C13H11NO6. The molecule has 1 N–H and O–H groups in total. The average Bonchev–Trinajstić information content (AvgIpc) is 2.76. The monoisotopic (exact) mass is 277 g/mol. The molecule has 0 radical (unpaired) electrons. The van der Waals surface area contributed by atoms with Gasteiger partial charge in [-0.3, -0.25) is 9.59 Å². The molecule has 0 bridgehead atoms. The molecule has 1 saturated heterocycles. The van der Waals surface area contributed by atoms with Crippen LogP contribution >= 0.6 is 0 Å². The van der Waals surface area contributed by atoms with E-state index in [2.05, 4.69) is 4.74 Å². The molecule has 0 saturated carbocycles. The summed E-state index contributed by atoms with van der Waals surface area (Å²) in [6.07, 6.45) is -0.252. The van der Waals surface area contributed by atoms with E-state index in [9.17, 15) is 19.2 Å². The second-order valence-electron chi connectivity index (χ2n) is 4.22. The number of ether oxygens (including phenoxy) is 1. The Labute approximate surface area is 113 Å². The van der Waals surface area contributed by atoms with Crippen LogP contribution < -0.4 is 4.90 Å². The van der Waals surface area contributed by atoms with Gasteiger partial charge in [-0.05, 0) is 18.2 Å². The third-order valence-corrected chi connectivity index (χ3v) is 2.92. The van der Waals surface area contributed by atoms with E-state index in [0.29, 0.717) is 0 Å². The maximum absolute atomic E-state index is 11.7. The van der Waals surface area contributed by atoms with E-state index < -0.39 is 17.8 Å². The quantitative estimate of drug-likeness (QED) is 0.637. The van der Waals surface area contributed by atoms with Gasteiger partial charge in [0.1, 0.15) is 0 Å². The minimum absolute atomic E-state index is 0.0422. The molecule has 0 atom stereocenters. The van der Waals surface area contributed by atoms with Gasteiger partial charge in [-0.1, -0.05) is 0 Å². The average molecular weight is 277 g/mol. The van der Waals surface area contributed by atoms with E-state index in [4.69, 9.17) is 5.11 Å². The number of hydrogen-bond acceptors (Lipinski definition) is 5. The van der Waals surface area contributed by atoms with Crippen LogP contribution in [-0.2, 0) is 14.3 Å². The van der Waals surface area contributed by atoms with E-state index in [-0.39, 0.29) is 35.6 Å². The zero-order chi connectivity index (χ0) is 14.9. The Morgan fingerprint density at radius 1 is 1.30 bits per heavy atom. The van der Waals surface area contributed by atoms with Crippen molar-refractivity contribution in [3.63, 3.8) is 0 Å². The predicted molar refractivity (Wildman–Crippen MR) is 66.7 cm³/mol. The molecular weight excluding hydrogens is 266 g/mol. The van der Waals surface area contributed by atoms with Gasteiger partial charge in [0, 0.05) is 0 Å². The van der Waals surface area contributed by atoms with Gasteiger partial charge in [0.25, 0.3) is 0 Å². The summed E-state index contributed by atoms with van der Waals surface area (Å²) in [6.45, 7) is -0.175. The first kappa shape index (κ1) is 13.7. The Hall–Kier alpha value is -2.70. The zero-order valence-corrected chi connectivity index (χ0v) is 10.6. The SMILES string of the molecule is COC(=O)c1ccc(C(=O)O)cc1N1CC(=O)CC1=O. The van der Waals surface area contributed by atoms with Crippen LogP contribution in [0.25, 0.3) is 0 Å². The van der Waals surface area contributed by atoms with Gasteiger partial charge < -0.3 is 14.7 Å². The van der Waals surface area contributed by atoms with E-state index in [0.717, 1.165) is 4.90 Å². The van der Waals surface area contributed by atoms with Crippen molar-refractivity contribution in [2.75, 3.05) is 18.6 Å². The molecule has 2 rings (SSSR count). The Kier molecular flexibility index (Phi) is 3.51. The number of amides is 1. The molecule has 1 heterocycles. The van der Waals surface area contributed by atoms with Crippen molar-refractivity contribution in [2.45, 2.75) is 6.42 Å². The summed E-state index contributed by atoms with van der Waals surface area (Å²) in [7, 11) is 1.17. The highest BCUT2D eigenvalue weighted by atomic mass is 16.5. The number of rotatable bonds is 3. The van der Waals surface area contributed by atoms with Gasteiger partial charge in [0.05, 0.1) is 36.9 Å². The van der Waals surface area contributed by atoms with Crippen LogP contribution in [0.3, 0.4) is 0 Å². The Morgan fingerprint density at radius 2 is 2.00 bits per heavy atom. The maximum Gasteiger partial charge on any atom is 0.339 e. The second-order valence-corrected chi connectivity index (χ2v) is 4.22. The van der Waals surface area contributed by atoms with Gasteiger partial charge in [0.2, 0.25) is 5.91 Å². The van der Waals surface area contributed by atoms with Gasteiger partial charge in [-0.15, -0.1) is 0 Å². The number of esters is 1. The molecule has 1 aromatic rings. The van der Waals surface area contributed by atoms with Gasteiger partial charge in [-0.25, -0.2) is 9.59 Å². The third kappa shape index (κ3) is 2.37. The summed E-state index contributed by atoms with van der Waals surface area (Å²) >= 11 is 0. The molecule has 1 amide bonds. The highest BCUT2D eigenvalue weighted by Crippen LogP contribution is 2.26. The number of anilines is 1. The van der Waals surface area contributed by atoms with Crippen LogP contribution in [0, 0.1) is 0 Å². The number of carbonyl (C=O) groups is 4. The van der Waals surface area contributed by atoms with Gasteiger partial charge in [0.15, 0.2) is 5.78 Å². The number of aromatic carboxylic acids is 1. The standard InChI is InChI=1S/C13H11NO6/c1-20-13(19)9-3-2-7(12(17)18)4-10(9)14-6-8(15)5-11(14)16/h2-4H,5-6H2,1H3,(H,17,18). The lowest BCUT2D eigenvalue weighted by Gasteiger charge is -2.18. The Morgan fingerprint density at radius 3 is 2.50 bits per heavy atom. The third-order valence-electron chi connectivity index (χ3n) is 2.92. The summed E-state index contributed by atoms with van der Waals surface area (Å²) in [4.78, 5) is 46.8. The van der Waals surface area contributed by atoms with Crippen LogP contribution in [0.5, 0.6) is 0 Å². The highest BCUT2D eigenvalue weighted by Gasteiger charge is 2.32. The number of methoxy groups -OCH3 is 1. The van der Waals surface area contributed by atoms with Crippen LogP contribution in [0.2, 0.25) is 0 Å². The van der Waals surface area contributed by atoms with Crippen molar-refractivity contribution in [1.82, 2.24) is 0 Å². The number of ketones is 1. The Bertz CT molecular complexity index is 621. The van der Waals surface area contributed by atoms with Gasteiger partial charge in [-0.2, -0.15) is 0 Å². The Balaban J connectivity index is 2.54. The number of carbonyl (C=O) groups excluding carboxylic acids is 3. The molecule has 1 aromatic carbocycles. The predicted octanol–water partition coefficient (Wildman–Crippen LogP) is 0.477. The van der Waals surface area contributed by atoms with Crippen LogP contribution in [0.4, 0.5) is 5.69 Å².